The number of rotatable bonds is 6. The molecule has 1 N–H and O–H groups in total. The van der Waals surface area contributed by atoms with Crippen LogP contribution in [0.2, 0.25) is 0 Å². The average Bonchev–Trinajstić information content (AvgIpc) is 3.57. The summed E-state index contributed by atoms with van der Waals surface area (Å²) in [5.74, 6) is 1.11. The fourth-order valence-electron chi connectivity index (χ4n) is 3.00. The van der Waals surface area contributed by atoms with Crippen molar-refractivity contribution < 1.29 is 13.8 Å². The highest BCUT2D eigenvalue weighted by molar-refractivity contribution is 7.13. The van der Waals surface area contributed by atoms with Gasteiger partial charge >= 0.3 is 0 Å². The Bertz CT molecular complexity index is 1310. The van der Waals surface area contributed by atoms with E-state index < -0.39 is 0 Å². The SMILES string of the molecule is O=C(Nc1ccccc1Cc1nc(-c2cccs2)no1)c1cc(-c2cccnc2)on1. The van der Waals surface area contributed by atoms with Crippen LogP contribution in [0.15, 0.2) is 81.4 Å². The van der Waals surface area contributed by atoms with Crippen LogP contribution in [0, 0.1) is 0 Å². The maximum absolute atomic E-state index is 12.7. The van der Waals surface area contributed by atoms with Crippen molar-refractivity contribution in [2.24, 2.45) is 0 Å². The summed E-state index contributed by atoms with van der Waals surface area (Å²) >= 11 is 1.54. The van der Waals surface area contributed by atoms with Crippen molar-refractivity contribution in [3.63, 3.8) is 0 Å². The largest absolute Gasteiger partial charge is 0.355 e. The van der Waals surface area contributed by atoms with Gasteiger partial charge in [-0.25, -0.2) is 0 Å². The highest BCUT2D eigenvalue weighted by Gasteiger charge is 2.17. The molecule has 0 saturated carbocycles. The molecule has 0 aliphatic heterocycles. The average molecular weight is 429 g/mol. The molecule has 0 bridgehead atoms. The monoisotopic (exact) mass is 429 g/mol. The Morgan fingerprint density at radius 1 is 1.03 bits per heavy atom. The highest BCUT2D eigenvalue weighted by atomic mass is 32.1. The van der Waals surface area contributed by atoms with Crippen LogP contribution in [0.4, 0.5) is 5.69 Å². The zero-order chi connectivity index (χ0) is 21.0. The van der Waals surface area contributed by atoms with E-state index in [0.29, 0.717) is 29.6 Å². The lowest BCUT2D eigenvalue weighted by Gasteiger charge is -2.08. The second kappa shape index (κ2) is 8.33. The number of para-hydroxylation sites is 1. The van der Waals surface area contributed by atoms with Crippen molar-refractivity contribution in [3.05, 3.63) is 89.5 Å². The molecule has 5 aromatic rings. The van der Waals surface area contributed by atoms with Crippen LogP contribution >= 0.6 is 11.3 Å². The Morgan fingerprint density at radius 2 is 1.97 bits per heavy atom. The van der Waals surface area contributed by atoms with Gasteiger partial charge in [-0.1, -0.05) is 34.6 Å². The summed E-state index contributed by atoms with van der Waals surface area (Å²) in [6.45, 7) is 0. The van der Waals surface area contributed by atoms with Crippen LogP contribution in [-0.2, 0) is 6.42 Å². The summed E-state index contributed by atoms with van der Waals surface area (Å²) in [6.07, 6.45) is 3.69. The molecular formula is C22H15N5O3S. The summed E-state index contributed by atoms with van der Waals surface area (Å²) in [4.78, 5) is 22.2. The third-order valence-electron chi connectivity index (χ3n) is 4.51. The standard InChI is InChI=1S/C22H15N5O3S/c28-22(17-12-18(29-26-17)15-6-3-9-23-13-15)24-16-7-2-1-5-14(16)11-20-25-21(27-30-20)19-8-4-10-31-19/h1-10,12-13H,11H2,(H,24,28). The minimum atomic E-state index is -0.379. The van der Waals surface area contributed by atoms with E-state index in [-0.39, 0.29) is 11.6 Å². The first-order valence-electron chi connectivity index (χ1n) is 9.39. The number of carbonyl (C=O) groups is 1. The van der Waals surface area contributed by atoms with Crippen LogP contribution < -0.4 is 5.32 Å². The molecule has 0 saturated heterocycles. The normalized spacial score (nSPS) is 10.8. The summed E-state index contributed by atoms with van der Waals surface area (Å²) in [5, 5.41) is 12.8. The zero-order valence-electron chi connectivity index (χ0n) is 16.1. The van der Waals surface area contributed by atoms with Gasteiger partial charge in [-0.05, 0) is 35.2 Å². The minimum absolute atomic E-state index is 0.173. The Hall–Kier alpha value is -4.11. The van der Waals surface area contributed by atoms with Gasteiger partial charge in [0.25, 0.3) is 5.91 Å². The molecule has 0 fully saturated rings. The first kappa shape index (κ1) is 18.9. The van der Waals surface area contributed by atoms with Gasteiger partial charge in [-0.3, -0.25) is 9.78 Å². The van der Waals surface area contributed by atoms with Crippen molar-refractivity contribution >= 4 is 22.9 Å². The molecule has 0 unspecified atom stereocenters. The van der Waals surface area contributed by atoms with E-state index in [2.05, 4.69) is 25.6 Å². The summed E-state index contributed by atoms with van der Waals surface area (Å²) < 4.78 is 10.7. The molecular weight excluding hydrogens is 414 g/mol. The molecule has 9 heteroatoms. The molecule has 1 aromatic carbocycles. The van der Waals surface area contributed by atoms with E-state index >= 15 is 0 Å². The number of benzene rings is 1. The van der Waals surface area contributed by atoms with E-state index in [1.807, 2.05) is 47.8 Å². The van der Waals surface area contributed by atoms with Crippen molar-refractivity contribution in [3.8, 4) is 22.0 Å². The predicted molar refractivity (Wildman–Crippen MR) is 115 cm³/mol. The number of hydrogen-bond donors (Lipinski definition) is 1. The molecule has 31 heavy (non-hydrogen) atoms. The lowest BCUT2D eigenvalue weighted by Crippen LogP contribution is -2.13. The summed E-state index contributed by atoms with van der Waals surface area (Å²) in [6, 6.07) is 16.5. The smallest absolute Gasteiger partial charge is 0.277 e. The van der Waals surface area contributed by atoms with E-state index in [9.17, 15) is 4.79 Å². The molecule has 5 rings (SSSR count). The van der Waals surface area contributed by atoms with Crippen molar-refractivity contribution in [1.82, 2.24) is 20.3 Å². The van der Waals surface area contributed by atoms with Gasteiger partial charge in [0.2, 0.25) is 11.7 Å². The molecule has 1 amide bonds. The van der Waals surface area contributed by atoms with Crippen LogP contribution in [0.25, 0.3) is 22.0 Å². The molecule has 0 aliphatic carbocycles. The Balaban J connectivity index is 1.33. The van der Waals surface area contributed by atoms with Gasteiger partial charge < -0.3 is 14.4 Å². The third kappa shape index (κ3) is 4.12. The minimum Gasteiger partial charge on any atom is -0.355 e. The van der Waals surface area contributed by atoms with Crippen LogP contribution in [0.1, 0.15) is 21.9 Å². The third-order valence-corrected chi connectivity index (χ3v) is 5.37. The zero-order valence-corrected chi connectivity index (χ0v) is 16.9. The lowest BCUT2D eigenvalue weighted by molar-refractivity contribution is 0.101. The van der Waals surface area contributed by atoms with Crippen LogP contribution in [0.5, 0.6) is 0 Å². The topological polar surface area (TPSA) is 107 Å². The first-order valence-corrected chi connectivity index (χ1v) is 10.3. The lowest BCUT2D eigenvalue weighted by atomic mass is 10.1. The van der Waals surface area contributed by atoms with Crippen LogP contribution in [-0.4, -0.2) is 26.2 Å². The van der Waals surface area contributed by atoms with E-state index in [1.54, 1.807) is 35.9 Å². The number of hydrogen-bond acceptors (Lipinski definition) is 8. The van der Waals surface area contributed by atoms with Crippen LogP contribution in [0.3, 0.4) is 0 Å². The number of pyridine rings is 1. The van der Waals surface area contributed by atoms with Crippen molar-refractivity contribution in [1.29, 1.82) is 0 Å². The van der Waals surface area contributed by atoms with Gasteiger partial charge in [0.1, 0.15) is 0 Å². The number of amides is 1. The molecule has 0 atom stereocenters. The quantitative estimate of drug-likeness (QED) is 0.417. The number of nitrogens with zero attached hydrogens (tertiary/aromatic N) is 4. The first-order chi connectivity index (χ1) is 15.3. The van der Waals surface area contributed by atoms with Gasteiger partial charge in [-0.15, -0.1) is 11.3 Å². The molecule has 0 radical (unpaired) electrons. The van der Waals surface area contributed by atoms with Gasteiger partial charge in [-0.2, -0.15) is 4.98 Å². The molecule has 4 heterocycles. The number of thiophene rings is 1. The van der Waals surface area contributed by atoms with Gasteiger partial charge in [0, 0.05) is 29.7 Å². The molecule has 0 aliphatic rings. The second-order valence-corrected chi connectivity index (χ2v) is 7.54. The number of nitrogens with one attached hydrogen (secondary N) is 1. The van der Waals surface area contributed by atoms with Crippen molar-refractivity contribution in [2.45, 2.75) is 6.42 Å². The number of carbonyl (C=O) groups excluding carboxylic acids is 1. The van der Waals surface area contributed by atoms with Gasteiger partial charge in [0.15, 0.2) is 11.5 Å². The fraction of sp³-hybridized carbons (Fsp3) is 0.0455. The molecule has 152 valence electrons. The van der Waals surface area contributed by atoms with E-state index in [1.165, 1.54) is 0 Å². The number of aromatic nitrogens is 4. The Morgan fingerprint density at radius 3 is 2.81 bits per heavy atom. The maximum atomic E-state index is 12.7. The summed E-state index contributed by atoms with van der Waals surface area (Å²) in [5.41, 5.74) is 2.39. The summed E-state index contributed by atoms with van der Waals surface area (Å²) in [7, 11) is 0. The van der Waals surface area contributed by atoms with Gasteiger partial charge in [0.05, 0.1) is 11.3 Å². The molecule has 0 spiro atoms. The maximum Gasteiger partial charge on any atom is 0.277 e. The Kier molecular flexibility index (Phi) is 5.07. The molecule has 4 aromatic heterocycles. The Labute approximate surface area is 180 Å². The van der Waals surface area contributed by atoms with E-state index in [4.69, 9.17) is 9.05 Å². The number of anilines is 1. The highest BCUT2D eigenvalue weighted by Crippen LogP contribution is 2.24. The second-order valence-electron chi connectivity index (χ2n) is 6.60. The molecule has 8 nitrogen and oxygen atoms in total. The van der Waals surface area contributed by atoms with E-state index in [0.717, 1.165) is 16.0 Å². The van der Waals surface area contributed by atoms with Crippen molar-refractivity contribution in [2.75, 3.05) is 5.32 Å². The fourth-order valence-corrected chi connectivity index (χ4v) is 3.65. The predicted octanol–water partition coefficient (Wildman–Crippen LogP) is 4.69.